The first-order chi connectivity index (χ1) is 12.7. The number of ether oxygens (including phenoxy) is 2. The number of esters is 2. The van der Waals surface area contributed by atoms with Gasteiger partial charge in [-0.05, 0) is 24.6 Å². The van der Waals surface area contributed by atoms with E-state index in [1.807, 2.05) is 36.4 Å². The van der Waals surface area contributed by atoms with Crippen LogP contribution in [0.3, 0.4) is 0 Å². The standard InChI is InChI=1S/C21H23NO4/c1-2-25-21(24)18-14-22(13-16-9-5-3-6-10-16)15-19(18)26-20(23)17-11-7-4-8-12-17/h3-12,18-19H,2,13-15H2,1H3. The van der Waals surface area contributed by atoms with Gasteiger partial charge in [0.15, 0.2) is 0 Å². The second-order valence-electron chi connectivity index (χ2n) is 6.35. The summed E-state index contributed by atoms with van der Waals surface area (Å²) in [6, 6.07) is 18.9. The van der Waals surface area contributed by atoms with Gasteiger partial charge < -0.3 is 9.47 Å². The summed E-state index contributed by atoms with van der Waals surface area (Å²) in [5.74, 6) is -1.19. The van der Waals surface area contributed by atoms with Crippen LogP contribution in [0.2, 0.25) is 0 Å². The van der Waals surface area contributed by atoms with E-state index in [-0.39, 0.29) is 5.97 Å². The summed E-state index contributed by atoms with van der Waals surface area (Å²) < 4.78 is 10.8. The van der Waals surface area contributed by atoms with E-state index in [0.717, 1.165) is 5.56 Å². The van der Waals surface area contributed by atoms with E-state index in [2.05, 4.69) is 4.90 Å². The van der Waals surface area contributed by atoms with Crippen LogP contribution in [-0.2, 0) is 20.8 Å². The molecule has 1 fully saturated rings. The summed E-state index contributed by atoms with van der Waals surface area (Å²) in [6.45, 7) is 3.82. The fourth-order valence-corrected chi connectivity index (χ4v) is 3.20. The van der Waals surface area contributed by atoms with E-state index < -0.39 is 18.0 Å². The third-order valence-electron chi connectivity index (χ3n) is 4.45. The SMILES string of the molecule is CCOC(=O)C1CN(Cc2ccccc2)CC1OC(=O)c1ccccc1. The van der Waals surface area contributed by atoms with Crippen molar-refractivity contribution in [2.24, 2.45) is 5.92 Å². The molecular formula is C21H23NO4. The molecule has 0 bridgehead atoms. The van der Waals surface area contributed by atoms with Crippen LogP contribution in [0.4, 0.5) is 0 Å². The molecule has 0 amide bonds. The lowest BCUT2D eigenvalue weighted by atomic mass is 10.1. The van der Waals surface area contributed by atoms with Gasteiger partial charge in [0.25, 0.3) is 0 Å². The van der Waals surface area contributed by atoms with Crippen molar-refractivity contribution in [1.29, 1.82) is 0 Å². The molecule has 5 heteroatoms. The van der Waals surface area contributed by atoms with Gasteiger partial charge in [-0.2, -0.15) is 0 Å². The normalized spacial score (nSPS) is 19.9. The molecular weight excluding hydrogens is 330 g/mol. The van der Waals surface area contributed by atoms with Gasteiger partial charge in [-0.15, -0.1) is 0 Å². The van der Waals surface area contributed by atoms with E-state index in [0.29, 0.717) is 31.8 Å². The van der Waals surface area contributed by atoms with Crippen molar-refractivity contribution in [3.05, 3.63) is 71.8 Å². The third-order valence-corrected chi connectivity index (χ3v) is 4.45. The molecule has 0 aliphatic carbocycles. The van der Waals surface area contributed by atoms with Crippen molar-refractivity contribution in [2.45, 2.75) is 19.6 Å². The number of hydrogen-bond donors (Lipinski definition) is 0. The van der Waals surface area contributed by atoms with Crippen molar-refractivity contribution < 1.29 is 19.1 Å². The number of carbonyl (C=O) groups is 2. The molecule has 2 aromatic rings. The first kappa shape index (κ1) is 18.1. The van der Waals surface area contributed by atoms with Crippen molar-refractivity contribution in [2.75, 3.05) is 19.7 Å². The lowest BCUT2D eigenvalue weighted by Crippen LogP contribution is -2.32. The fraction of sp³-hybridized carbons (Fsp3) is 0.333. The number of rotatable bonds is 6. The first-order valence-corrected chi connectivity index (χ1v) is 8.86. The molecule has 0 saturated carbocycles. The van der Waals surface area contributed by atoms with Crippen molar-refractivity contribution in [3.8, 4) is 0 Å². The summed E-state index contributed by atoms with van der Waals surface area (Å²) in [5, 5.41) is 0. The minimum absolute atomic E-state index is 0.311. The number of carbonyl (C=O) groups excluding carboxylic acids is 2. The zero-order valence-corrected chi connectivity index (χ0v) is 14.8. The maximum Gasteiger partial charge on any atom is 0.338 e. The maximum atomic E-state index is 12.4. The summed E-state index contributed by atoms with van der Waals surface area (Å²) >= 11 is 0. The van der Waals surface area contributed by atoms with Crippen LogP contribution in [0.15, 0.2) is 60.7 Å². The Morgan fingerprint density at radius 2 is 1.65 bits per heavy atom. The summed E-state index contributed by atoms with van der Waals surface area (Å²) in [5.41, 5.74) is 1.64. The predicted octanol–water partition coefficient (Wildman–Crippen LogP) is 2.91. The highest BCUT2D eigenvalue weighted by Gasteiger charge is 2.41. The number of nitrogens with zero attached hydrogens (tertiary/aromatic N) is 1. The highest BCUT2D eigenvalue weighted by atomic mass is 16.6. The van der Waals surface area contributed by atoms with E-state index in [4.69, 9.17) is 9.47 Å². The highest BCUT2D eigenvalue weighted by Crippen LogP contribution is 2.24. The van der Waals surface area contributed by atoms with Gasteiger partial charge in [0.1, 0.15) is 12.0 Å². The predicted molar refractivity (Wildman–Crippen MR) is 97.5 cm³/mol. The molecule has 5 nitrogen and oxygen atoms in total. The summed E-state index contributed by atoms with van der Waals surface area (Å²) in [6.07, 6.45) is -0.509. The largest absolute Gasteiger partial charge is 0.466 e. The van der Waals surface area contributed by atoms with Crippen LogP contribution in [0.1, 0.15) is 22.8 Å². The van der Waals surface area contributed by atoms with E-state index >= 15 is 0 Å². The fourth-order valence-electron chi connectivity index (χ4n) is 3.20. The monoisotopic (exact) mass is 353 g/mol. The molecule has 1 saturated heterocycles. The minimum atomic E-state index is -0.509. The van der Waals surface area contributed by atoms with E-state index in [1.54, 1.807) is 31.2 Å². The van der Waals surface area contributed by atoms with Crippen LogP contribution in [0, 0.1) is 5.92 Å². The summed E-state index contributed by atoms with van der Waals surface area (Å²) in [7, 11) is 0. The lowest BCUT2D eigenvalue weighted by molar-refractivity contribution is -0.150. The molecule has 0 spiro atoms. The number of benzene rings is 2. The van der Waals surface area contributed by atoms with Gasteiger partial charge in [-0.25, -0.2) is 4.79 Å². The average Bonchev–Trinajstić information content (AvgIpc) is 3.05. The topological polar surface area (TPSA) is 55.8 Å². The lowest BCUT2D eigenvalue weighted by Gasteiger charge is -2.17. The Hall–Kier alpha value is -2.66. The third kappa shape index (κ3) is 4.49. The molecule has 0 N–H and O–H groups in total. The maximum absolute atomic E-state index is 12.4. The Balaban J connectivity index is 1.70. The molecule has 3 rings (SSSR count). The first-order valence-electron chi connectivity index (χ1n) is 8.86. The Kier molecular flexibility index (Phi) is 6.02. The van der Waals surface area contributed by atoms with Crippen LogP contribution in [0.25, 0.3) is 0 Å². The molecule has 2 unspecified atom stereocenters. The molecule has 2 aromatic carbocycles. The van der Waals surface area contributed by atoms with Crippen LogP contribution in [0.5, 0.6) is 0 Å². The Labute approximate surface area is 153 Å². The van der Waals surface area contributed by atoms with Crippen molar-refractivity contribution in [3.63, 3.8) is 0 Å². The molecule has 26 heavy (non-hydrogen) atoms. The molecule has 1 aliphatic heterocycles. The van der Waals surface area contributed by atoms with E-state index in [1.165, 1.54) is 0 Å². The van der Waals surface area contributed by atoms with Gasteiger partial charge in [0, 0.05) is 19.6 Å². The minimum Gasteiger partial charge on any atom is -0.466 e. The number of likely N-dealkylation sites (tertiary alicyclic amines) is 1. The highest BCUT2D eigenvalue weighted by molar-refractivity contribution is 5.89. The van der Waals surface area contributed by atoms with Gasteiger partial charge in [0.05, 0.1) is 12.2 Å². The summed E-state index contributed by atoms with van der Waals surface area (Å²) in [4.78, 5) is 26.9. The van der Waals surface area contributed by atoms with E-state index in [9.17, 15) is 9.59 Å². The van der Waals surface area contributed by atoms with Gasteiger partial charge in [0.2, 0.25) is 0 Å². The Bertz CT molecular complexity index is 732. The molecule has 0 radical (unpaired) electrons. The zero-order valence-electron chi connectivity index (χ0n) is 14.8. The molecule has 1 heterocycles. The smallest absolute Gasteiger partial charge is 0.338 e. The quantitative estimate of drug-likeness (QED) is 0.748. The molecule has 2 atom stereocenters. The Morgan fingerprint density at radius 3 is 2.31 bits per heavy atom. The average molecular weight is 353 g/mol. The van der Waals surface area contributed by atoms with Gasteiger partial charge >= 0.3 is 11.9 Å². The van der Waals surface area contributed by atoms with Crippen molar-refractivity contribution >= 4 is 11.9 Å². The van der Waals surface area contributed by atoms with Crippen molar-refractivity contribution in [1.82, 2.24) is 4.90 Å². The molecule has 1 aliphatic rings. The van der Waals surface area contributed by atoms with Crippen LogP contribution < -0.4 is 0 Å². The van der Waals surface area contributed by atoms with Gasteiger partial charge in [-0.3, -0.25) is 9.69 Å². The van der Waals surface area contributed by atoms with Gasteiger partial charge in [-0.1, -0.05) is 48.5 Å². The second-order valence-corrected chi connectivity index (χ2v) is 6.35. The zero-order chi connectivity index (χ0) is 18.4. The molecule has 0 aromatic heterocycles. The van der Waals surface area contributed by atoms with Crippen LogP contribution in [-0.4, -0.2) is 42.6 Å². The Morgan fingerprint density at radius 1 is 1.00 bits per heavy atom. The number of hydrogen-bond acceptors (Lipinski definition) is 5. The second kappa shape index (κ2) is 8.63. The molecule has 136 valence electrons. The van der Waals surface area contributed by atoms with Crippen LogP contribution >= 0.6 is 0 Å².